The Balaban J connectivity index is 0.00000312. The Hall–Kier alpha value is -0.530. The van der Waals surface area contributed by atoms with Gasteiger partial charge >= 0.3 is 0 Å². The SMILES string of the molecule is CN=C(NCCCCN1CCC(C)CC1)NCc1ccccc1Cl.I. The van der Waals surface area contributed by atoms with Crippen molar-refractivity contribution in [3.63, 3.8) is 0 Å². The fraction of sp³-hybridized carbons (Fsp3) is 0.632. The van der Waals surface area contributed by atoms with Crippen molar-refractivity contribution in [1.29, 1.82) is 0 Å². The van der Waals surface area contributed by atoms with Crippen molar-refractivity contribution in [3.8, 4) is 0 Å². The molecule has 1 heterocycles. The lowest BCUT2D eigenvalue weighted by molar-refractivity contribution is 0.189. The monoisotopic (exact) mass is 478 g/mol. The average Bonchev–Trinajstić information content (AvgIpc) is 2.60. The predicted octanol–water partition coefficient (Wildman–Crippen LogP) is 4.14. The van der Waals surface area contributed by atoms with Crippen LogP contribution in [0.15, 0.2) is 29.3 Å². The Bertz CT molecular complexity index is 516. The zero-order valence-corrected chi connectivity index (χ0v) is 18.5. The largest absolute Gasteiger partial charge is 0.356 e. The smallest absolute Gasteiger partial charge is 0.191 e. The molecular weight excluding hydrogens is 447 g/mol. The number of halogens is 2. The summed E-state index contributed by atoms with van der Waals surface area (Å²) in [6.45, 7) is 7.77. The summed E-state index contributed by atoms with van der Waals surface area (Å²) in [6, 6.07) is 7.89. The van der Waals surface area contributed by atoms with Gasteiger partial charge in [-0.2, -0.15) is 0 Å². The van der Waals surface area contributed by atoms with Crippen molar-refractivity contribution < 1.29 is 0 Å². The first kappa shape index (κ1) is 22.5. The summed E-state index contributed by atoms with van der Waals surface area (Å²) in [6.07, 6.45) is 5.12. The van der Waals surface area contributed by atoms with Gasteiger partial charge in [0.15, 0.2) is 5.96 Å². The number of benzene rings is 1. The van der Waals surface area contributed by atoms with Crippen LogP contribution in [0.25, 0.3) is 0 Å². The van der Waals surface area contributed by atoms with Gasteiger partial charge in [-0.3, -0.25) is 4.99 Å². The molecule has 1 saturated heterocycles. The minimum absolute atomic E-state index is 0. The quantitative estimate of drug-likeness (QED) is 0.268. The van der Waals surface area contributed by atoms with Gasteiger partial charge < -0.3 is 15.5 Å². The Morgan fingerprint density at radius 2 is 1.92 bits per heavy atom. The Kier molecular flexibility index (Phi) is 11.5. The molecule has 2 N–H and O–H groups in total. The highest BCUT2D eigenvalue weighted by Gasteiger charge is 2.14. The van der Waals surface area contributed by atoms with Crippen LogP contribution in [0.3, 0.4) is 0 Å². The second kappa shape index (κ2) is 12.8. The molecule has 1 aliphatic heterocycles. The molecule has 1 aromatic carbocycles. The Morgan fingerprint density at radius 1 is 1.20 bits per heavy atom. The van der Waals surface area contributed by atoms with Crippen LogP contribution >= 0.6 is 35.6 Å². The third-order valence-electron chi connectivity index (χ3n) is 4.70. The van der Waals surface area contributed by atoms with E-state index in [2.05, 4.69) is 27.4 Å². The Labute approximate surface area is 174 Å². The van der Waals surface area contributed by atoms with E-state index in [1.807, 2.05) is 24.3 Å². The van der Waals surface area contributed by atoms with E-state index in [1.54, 1.807) is 7.05 Å². The van der Waals surface area contributed by atoms with E-state index in [0.717, 1.165) is 29.0 Å². The number of likely N-dealkylation sites (tertiary alicyclic amines) is 1. The topological polar surface area (TPSA) is 39.7 Å². The number of aliphatic imine (C=N–C) groups is 1. The highest BCUT2D eigenvalue weighted by Crippen LogP contribution is 2.16. The van der Waals surface area contributed by atoms with E-state index in [9.17, 15) is 0 Å². The lowest BCUT2D eigenvalue weighted by Crippen LogP contribution is -2.38. The van der Waals surface area contributed by atoms with Gasteiger partial charge in [0, 0.05) is 25.2 Å². The van der Waals surface area contributed by atoms with Crippen LogP contribution in [0, 0.1) is 5.92 Å². The molecule has 4 nitrogen and oxygen atoms in total. The molecule has 142 valence electrons. The van der Waals surface area contributed by atoms with E-state index in [4.69, 9.17) is 11.6 Å². The zero-order valence-electron chi connectivity index (χ0n) is 15.4. The highest BCUT2D eigenvalue weighted by molar-refractivity contribution is 14.0. The van der Waals surface area contributed by atoms with E-state index in [-0.39, 0.29) is 24.0 Å². The first-order valence-electron chi connectivity index (χ1n) is 9.09. The number of nitrogens with zero attached hydrogens (tertiary/aromatic N) is 2. The first-order chi connectivity index (χ1) is 11.7. The van der Waals surface area contributed by atoms with Gasteiger partial charge in [-0.05, 0) is 62.9 Å². The van der Waals surface area contributed by atoms with Gasteiger partial charge in [-0.1, -0.05) is 36.7 Å². The molecule has 0 aliphatic carbocycles. The van der Waals surface area contributed by atoms with Crippen molar-refractivity contribution in [2.24, 2.45) is 10.9 Å². The van der Waals surface area contributed by atoms with E-state index in [1.165, 1.54) is 45.3 Å². The molecule has 0 unspecified atom stereocenters. The summed E-state index contributed by atoms with van der Waals surface area (Å²) >= 11 is 6.17. The molecular formula is C19H32ClIN4. The number of rotatable bonds is 7. The molecule has 1 fully saturated rings. The molecule has 0 amide bonds. The molecule has 0 bridgehead atoms. The van der Waals surface area contributed by atoms with Gasteiger partial charge in [0.2, 0.25) is 0 Å². The fourth-order valence-electron chi connectivity index (χ4n) is 2.99. The summed E-state index contributed by atoms with van der Waals surface area (Å²) in [4.78, 5) is 6.87. The maximum atomic E-state index is 6.17. The van der Waals surface area contributed by atoms with Crippen molar-refractivity contribution in [2.45, 2.75) is 39.2 Å². The van der Waals surface area contributed by atoms with Crippen LogP contribution in [-0.2, 0) is 6.54 Å². The molecule has 0 saturated carbocycles. The van der Waals surface area contributed by atoms with Gasteiger partial charge in [0.1, 0.15) is 0 Å². The van der Waals surface area contributed by atoms with Crippen LogP contribution in [-0.4, -0.2) is 44.1 Å². The van der Waals surface area contributed by atoms with Gasteiger partial charge in [-0.25, -0.2) is 0 Å². The van der Waals surface area contributed by atoms with E-state index < -0.39 is 0 Å². The predicted molar refractivity (Wildman–Crippen MR) is 119 cm³/mol. The maximum absolute atomic E-state index is 6.17. The standard InChI is InChI=1S/C19H31ClN4.HI/c1-16-9-13-24(14-10-16)12-6-5-11-22-19(21-2)23-15-17-7-3-4-8-18(17)20;/h3-4,7-8,16H,5-6,9-15H2,1-2H3,(H2,21,22,23);1H. The normalized spacial score (nSPS) is 16.4. The average molecular weight is 479 g/mol. The summed E-state index contributed by atoms with van der Waals surface area (Å²) in [5, 5.41) is 7.49. The molecule has 0 aromatic heterocycles. The molecule has 6 heteroatoms. The number of piperidine rings is 1. The third kappa shape index (κ3) is 8.60. The van der Waals surface area contributed by atoms with Gasteiger partial charge in [0.05, 0.1) is 0 Å². The fourth-order valence-corrected chi connectivity index (χ4v) is 3.20. The van der Waals surface area contributed by atoms with E-state index >= 15 is 0 Å². The Morgan fingerprint density at radius 3 is 2.60 bits per heavy atom. The van der Waals surface area contributed by atoms with Crippen LogP contribution in [0.1, 0.15) is 38.2 Å². The highest BCUT2D eigenvalue weighted by atomic mass is 127. The summed E-state index contributed by atoms with van der Waals surface area (Å²) in [5.74, 6) is 1.75. The molecule has 0 radical (unpaired) electrons. The van der Waals surface area contributed by atoms with Crippen LogP contribution < -0.4 is 10.6 Å². The van der Waals surface area contributed by atoms with Crippen LogP contribution in [0.4, 0.5) is 0 Å². The molecule has 1 aliphatic rings. The summed E-state index contributed by atoms with van der Waals surface area (Å²) in [5.41, 5.74) is 1.08. The molecule has 25 heavy (non-hydrogen) atoms. The molecule has 0 spiro atoms. The minimum atomic E-state index is 0. The number of unbranched alkanes of at least 4 members (excludes halogenated alkanes) is 1. The third-order valence-corrected chi connectivity index (χ3v) is 5.07. The zero-order chi connectivity index (χ0) is 17.2. The van der Waals surface area contributed by atoms with Crippen molar-refractivity contribution in [1.82, 2.24) is 15.5 Å². The van der Waals surface area contributed by atoms with E-state index in [0.29, 0.717) is 6.54 Å². The summed E-state index contributed by atoms with van der Waals surface area (Å²) in [7, 11) is 1.80. The van der Waals surface area contributed by atoms with Crippen molar-refractivity contribution in [3.05, 3.63) is 34.9 Å². The van der Waals surface area contributed by atoms with Crippen molar-refractivity contribution in [2.75, 3.05) is 33.2 Å². The van der Waals surface area contributed by atoms with Gasteiger partial charge in [-0.15, -0.1) is 24.0 Å². The van der Waals surface area contributed by atoms with Crippen LogP contribution in [0.5, 0.6) is 0 Å². The minimum Gasteiger partial charge on any atom is -0.356 e. The second-order valence-electron chi connectivity index (χ2n) is 6.68. The lowest BCUT2D eigenvalue weighted by atomic mass is 9.99. The molecule has 2 rings (SSSR count). The number of nitrogens with one attached hydrogen (secondary N) is 2. The van der Waals surface area contributed by atoms with Crippen molar-refractivity contribution >= 4 is 41.5 Å². The lowest BCUT2D eigenvalue weighted by Gasteiger charge is -2.30. The summed E-state index contributed by atoms with van der Waals surface area (Å²) < 4.78 is 0. The molecule has 0 atom stereocenters. The number of hydrogen-bond acceptors (Lipinski definition) is 2. The first-order valence-corrected chi connectivity index (χ1v) is 9.47. The van der Waals surface area contributed by atoms with Crippen LogP contribution in [0.2, 0.25) is 5.02 Å². The van der Waals surface area contributed by atoms with Gasteiger partial charge in [0.25, 0.3) is 0 Å². The number of hydrogen-bond donors (Lipinski definition) is 2. The maximum Gasteiger partial charge on any atom is 0.191 e. The molecule has 1 aromatic rings. The number of guanidine groups is 1. The second-order valence-corrected chi connectivity index (χ2v) is 7.08.